The van der Waals surface area contributed by atoms with E-state index in [0.717, 1.165) is 41.7 Å². The molecule has 126 valence electrons. The Morgan fingerprint density at radius 3 is 2.83 bits per heavy atom. The van der Waals surface area contributed by atoms with Gasteiger partial charge >= 0.3 is 5.95 Å². The molecule has 2 N–H and O–H groups in total. The van der Waals surface area contributed by atoms with Gasteiger partial charge in [-0.1, -0.05) is 29.2 Å². The van der Waals surface area contributed by atoms with Gasteiger partial charge in [-0.05, 0) is 30.0 Å². The van der Waals surface area contributed by atoms with Crippen molar-refractivity contribution in [3.05, 3.63) is 64.1 Å². The smallest absolute Gasteiger partial charge is 0.390 e. The molecule has 0 saturated heterocycles. The number of nitrogens with zero attached hydrogens (tertiary/aromatic N) is 3. The van der Waals surface area contributed by atoms with E-state index >= 15 is 0 Å². The van der Waals surface area contributed by atoms with Crippen molar-refractivity contribution >= 4 is 29.3 Å². The number of imidazole rings is 1. The van der Waals surface area contributed by atoms with E-state index in [1.807, 2.05) is 30.3 Å². The van der Waals surface area contributed by atoms with E-state index in [0.29, 0.717) is 6.54 Å². The normalized spacial score (nSPS) is 10.5. The molecule has 1 aromatic carbocycles. The topological polar surface area (TPSA) is 96.7 Å². The van der Waals surface area contributed by atoms with Crippen LogP contribution in [0.2, 0.25) is 0 Å². The highest BCUT2D eigenvalue weighted by atomic mass is 35.5. The predicted molar refractivity (Wildman–Crippen MR) is 94.3 cm³/mol. The first kappa shape index (κ1) is 17.8. The number of para-hydroxylation sites is 1. The van der Waals surface area contributed by atoms with Crippen molar-refractivity contribution in [2.75, 3.05) is 6.54 Å². The quantitative estimate of drug-likeness (QED) is 0.389. The number of H-pyrrole nitrogens is 1. The van der Waals surface area contributed by atoms with Gasteiger partial charge in [-0.25, -0.2) is 4.98 Å². The number of aromatic nitrogens is 3. The van der Waals surface area contributed by atoms with Crippen molar-refractivity contribution in [3.8, 4) is 0 Å². The van der Waals surface area contributed by atoms with Gasteiger partial charge in [0.2, 0.25) is 0 Å². The van der Waals surface area contributed by atoms with E-state index in [1.165, 1.54) is 6.20 Å². The van der Waals surface area contributed by atoms with Crippen LogP contribution in [-0.2, 0) is 13.0 Å². The van der Waals surface area contributed by atoms with E-state index in [2.05, 4.69) is 26.3 Å². The van der Waals surface area contributed by atoms with Gasteiger partial charge in [-0.2, -0.15) is 0 Å². The van der Waals surface area contributed by atoms with Crippen molar-refractivity contribution in [1.82, 2.24) is 20.3 Å². The molecule has 0 unspecified atom stereocenters. The largest absolute Gasteiger partial charge is 0.432 e. The van der Waals surface area contributed by atoms with Crippen LogP contribution < -0.4 is 5.32 Å². The maximum absolute atomic E-state index is 10.5. The van der Waals surface area contributed by atoms with Gasteiger partial charge in [0.15, 0.2) is 0 Å². The Labute approximate surface area is 145 Å². The standard InChI is InChI=1S/C16H17N5O2.ClH/c22-21(23)16-18-11-13(20-16)5-3-9-17-10-14-8-7-12-4-1-2-6-15(12)19-14;/h1-2,4,6-8,11,17H,3,5,9-10H2,(H,18,20);1H. The Morgan fingerprint density at radius 1 is 1.21 bits per heavy atom. The van der Waals surface area contributed by atoms with E-state index in [1.54, 1.807) is 0 Å². The Hall–Kier alpha value is -2.51. The van der Waals surface area contributed by atoms with Gasteiger partial charge in [-0.15, -0.1) is 12.4 Å². The van der Waals surface area contributed by atoms with E-state index in [-0.39, 0.29) is 18.4 Å². The van der Waals surface area contributed by atoms with Crippen molar-refractivity contribution in [2.45, 2.75) is 19.4 Å². The Bertz CT molecular complexity index is 821. The van der Waals surface area contributed by atoms with E-state index in [9.17, 15) is 10.1 Å². The number of rotatable bonds is 7. The molecule has 0 fully saturated rings. The second-order valence-corrected chi connectivity index (χ2v) is 5.26. The van der Waals surface area contributed by atoms with Gasteiger partial charge < -0.3 is 15.4 Å². The van der Waals surface area contributed by atoms with Crippen LogP contribution in [0.5, 0.6) is 0 Å². The van der Waals surface area contributed by atoms with Gasteiger partial charge in [0.05, 0.1) is 11.2 Å². The summed E-state index contributed by atoms with van der Waals surface area (Å²) in [5, 5.41) is 15.0. The molecule has 7 nitrogen and oxygen atoms in total. The van der Waals surface area contributed by atoms with E-state index < -0.39 is 4.92 Å². The first-order valence-electron chi connectivity index (χ1n) is 7.46. The van der Waals surface area contributed by atoms with Gasteiger partial charge in [0.1, 0.15) is 11.9 Å². The third kappa shape index (κ3) is 4.50. The molecule has 0 amide bonds. The van der Waals surface area contributed by atoms with Crippen LogP contribution in [0.1, 0.15) is 17.8 Å². The molecule has 8 heteroatoms. The predicted octanol–water partition coefficient (Wildman–Crippen LogP) is 3.01. The highest BCUT2D eigenvalue weighted by Crippen LogP contribution is 2.11. The molecule has 0 radical (unpaired) electrons. The van der Waals surface area contributed by atoms with Crippen LogP contribution in [0.3, 0.4) is 0 Å². The van der Waals surface area contributed by atoms with Crippen molar-refractivity contribution in [2.24, 2.45) is 0 Å². The number of pyridine rings is 1. The second kappa shape index (κ2) is 8.37. The van der Waals surface area contributed by atoms with Gasteiger partial charge in [0, 0.05) is 18.4 Å². The number of hydrogen-bond donors (Lipinski definition) is 2. The maximum atomic E-state index is 10.5. The minimum absolute atomic E-state index is 0. The molecule has 2 heterocycles. The SMILES string of the molecule is Cl.O=[N+]([O-])c1ncc(CCCNCc2ccc3ccccc3n2)[nH]1. The van der Waals surface area contributed by atoms with Gasteiger partial charge in [0.25, 0.3) is 0 Å². The average Bonchev–Trinajstić information content (AvgIpc) is 3.03. The number of hydrogen-bond acceptors (Lipinski definition) is 5. The fraction of sp³-hybridized carbons (Fsp3) is 0.250. The summed E-state index contributed by atoms with van der Waals surface area (Å²) in [5.74, 6) is -0.201. The van der Waals surface area contributed by atoms with Crippen LogP contribution in [0.4, 0.5) is 5.95 Å². The lowest BCUT2D eigenvalue weighted by molar-refractivity contribution is -0.393. The molecule has 0 spiro atoms. The van der Waals surface area contributed by atoms with Crippen molar-refractivity contribution in [3.63, 3.8) is 0 Å². The number of fused-ring (bicyclic) bond motifs is 1. The zero-order valence-corrected chi connectivity index (χ0v) is 13.8. The number of benzene rings is 1. The summed E-state index contributed by atoms with van der Waals surface area (Å²) in [6.07, 6.45) is 3.11. The summed E-state index contributed by atoms with van der Waals surface area (Å²) < 4.78 is 0. The Kier molecular flexibility index (Phi) is 6.22. The van der Waals surface area contributed by atoms with Crippen LogP contribution in [-0.4, -0.2) is 26.4 Å². The highest BCUT2D eigenvalue weighted by molar-refractivity contribution is 5.85. The molecule has 0 atom stereocenters. The minimum atomic E-state index is -0.521. The number of nitrogens with one attached hydrogen (secondary N) is 2. The van der Waals surface area contributed by atoms with Gasteiger partial charge in [-0.3, -0.25) is 4.98 Å². The first-order chi connectivity index (χ1) is 11.2. The number of aromatic amines is 1. The molecule has 0 saturated carbocycles. The van der Waals surface area contributed by atoms with Crippen molar-refractivity contribution < 1.29 is 4.92 Å². The van der Waals surface area contributed by atoms with Crippen LogP contribution in [0.25, 0.3) is 10.9 Å². The monoisotopic (exact) mass is 347 g/mol. The minimum Gasteiger partial charge on any atom is -0.390 e. The average molecular weight is 348 g/mol. The summed E-state index contributed by atoms with van der Waals surface area (Å²) in [5.41, 5.74) is 2.78. The lowest BCUT2D eigenvalue weighted by Gasteiger charge is -2.05. The van der Waals surface area contributed by atoms with Crippen LogP contribution >= 0.6 is 12.4 Å². The maximum Gasteiger partial charge on any atom is 0.432 e. The molecule has 3 aromatic rings. The molecule has 0 aliphatic heterocycles. The molecule has 0 aliphatic rings. The summed E-state index contributed by atoms with van der Waals surface area (Å²) in [4.78, 5) is 21.0. The lowest BCUT2D eigenvalue weighted by Crippen LogP contribution is -2.16. The van der Waals surface area contributed by atoms with E-state index in [4.69, 9.17) is 0 Å². The molecular formula is C16H18ClN5O2. The van der Waals surface area contributed by atoms with Crippen LogP contribution in [0.15, 0.2) is 42.6 Å². The number of halogens is 1. The fourth-order valence-electron chi connectivity index (χ4n) is 2.39. The lowest BCUT2D eigenvalue weighted by atomic mass is 10.2. The zero-order chi connectivity index (χ0) is 16.1. The van der Waals surface area contributed by atoms with Crippen LogP contribution in [0, 0.1) is 10.1 Å². The fourth-order valence-corrected chi connectivity index (χ4v) is 2.39. The molecule has 0 bridgehead atoms. The molecule has 0 aliphatic carbocycles. The summed E-state index contributed by atoms with van der Waals surface area (Å²) in [6.45, 7) is 1.51. The number of nitro groups is 1. The summed E-state index contributed by atoms with van der Waals surface area (Å²) in [7, 11) is 0. The molecule has 3 rings (SSSR count). The third-order valence-corrected chi connectivity index (χ3v) is 3.55. The molecular weight excluding hydrogens is 330 g/mol. The van der Waals surface area contributed by atoms with Crippen molar-refractivity contribution in [1.29, 1.82) is 0 Å². The second-order valence-electron chi connectivity index (χ2n) is 5.26. The molecule has 24 heavy (non-hydrogen) atoms. The molecule has 2 aromatic heterocycles. The summed E-state index contributed by atoms with van der Waals surface area (Å²) in [6, 6.07) is 12.1. The highest BCUT2D eigenvalue weighted by Gasteiger charge is 2.10. The zero-order valence-electron chi connectivity index (χ0n) is 12.9. The summed E-state index contributed by atoms with van der Waals surface area (Å²) >= 11 is 0. The Balaban J connectivity index is 0.00000208. The first-order valence-corrected chi connectivity index (χ1v) is 7.46. The number of aryl methyl sites for hydroxylation is 1. The third-order valence-electron chi connectivity index (χ3n) is 3.55. The Morgan fingerprint density at radius 2 is 2.04 bits per heavy atom.